The van der Waals surface area contributed by atoms with E-state index in [2.05, 4.69) is 13.8 Å². The van der Waals surface area contributed by atoms with Crippen LogP contribution in [-0.2, 0) is 20.7 Å². The van der Waals surface area contributed by atoms with Crippen molar-refractivity contribution in [1.82, 2.24) is 0 Å². The number of fused-ring (bicyclic) bond motifs is 1. The number of aliphatic hydroxyl groups excluding tert-OH is 1. The van der Waals surface area contributed by atoms with E-state index in [4.69, 9.17) is 14.2 Å². The van der Waals surface area contributed by atoms with Crippen LogP contribution in [0.3, 0.4) is 0 Å². The molecule has 234 valence electrons. The van der Waals surface area contributed by atoms with Gasteiger partial charge in [-0.25, -0.2) is 9.59 Å². The minimum atomic E-state index is -0.718. The largest absolute Gasteiger partial charge is 0.504 e. The molecule has 1 aromatic carbocycles. The Morgan fingerprint density at radius 1 is 0.667 bits per heavy atom. The summed E-state index contributed by atoms with van der Waals surface area (Å²) < 4.78 is 16.5. The van der Waals surface area contributed by atoms with Gasteiger partial charge in [-0.3, -0.25) is 0 Å². The third-order valence-corrected chi connectivity index (χ3v) is 8.43. The summed E-state index contributed by atoms with van der Waals surface area (Å²) in [7, 11) is 1.45. The van der Waals surface area contributed by atoms with Crippen LogP contribution in [0.25, 0.3) is 5.57 Å². The summed E-state index contributed by atoms with van der Waals surface area (Å²) in [4.78, 5) is 25.8. The van der Waals surface area contributed by atoms with Crippen LogP contribution in [0.1, 0.15) is 147 Å². The van der Waals surface area contributed by atoms with Gasteiger partial charge in [0.25, 0.3) is 0 Å². The highest BCUT2D eigenvalue weighted by atomic mass is 16.6. The Balaban J connectivity index is 1.66. The van der Waals surface area contributed by atoms with Crippen LogP contribution in [0.5, 0.6) is 17.2 Å². The van der Waals surface area contributed by atoms with Gasteiger partial charge in [-0.1, -0.05) is 117 Å². The van der Waals surface area contributed by atoms with Crippen molar-refractivity contribution in [3.05, 3.63) is 34.3 Å². The van der Waals surface area contributed by atoms with E-state index >= 15 is 0 Å². The molecule has 0 atom stereocenters. The maximum Gasteiger partial charge on any atom is 0.348 e. The normalized spacial score (nSPS) is 16.3. The Morgan fingerprint density at radius 2 is 1.17 bits per heavy atom. The molecule has 0 radical (unpaired) electrons. The molecule has 2 N–H and O–H groups in total. The maximum atomic E-state index is 13.1. The zero-order chi connectivity index (χ0) is 30.3. The molecule has 0 saturated heterocycles. The first-order valence-corrected chi connectivity index (χ1v) is 16.5. The number of methoxy groups -OCH3 is 1. The number of phenols is 1. The standard InChI is InChI=1S/C35H52O7/c1-4-6-8-10-12-14-16-18-20-22-25-30(36)28(40-3)24-27-29(35(39)41-32(25)27)33-31(37)26(34(38)42-33)23-21-19-17-15-13-11-9-7-5-2/h24,36-37H,4-23H2,1-3H3/b33-29-. The van der Waals surface area contributed by atoms with Gasteiger partial charge in [0.05, 0.1) is 12.7 Å². The van der Waals surface area contributed by atoms with Crippen LogP contribution in [0.2, 0.25) is 0 Å². The van der Waals surface area contributed by atoms with Gasteiger partial charge in [-0.15, -0.1) is 0 Å². The molecule has 7 nitrogen and oxygen atoms in total. The van der Waals surface area contributed by atoms with Crippen molar-refractivity contribution < 1.29 is 34.0 Å². The predicted molar refractivity (Wildman–Crippen MR) is 166 cm³/mol. The Kier molecular flexibility index (Phi) is 14.3. The number of carbonyl (C=O) groups is 2. The molecule has 2 aliphatic heterocycles. The second kappa shape index (κ2) is 17.9. The van der Waals surface area contributed by atoms with E-state index < -0.39 is 11.9 Å². The van der Waals surface area contributed by atoms with Crippen LogP contribution in [-0.4, -0.2) is 29.3 Å². The average molecular weight is 585 g/mol. The van der Waals surface area contributed by atoms with Crippen LogP contribution in [0.15, 0.2) is 23.2 Å². The predicted octanol–water partition coefficient (Wildman–Crippen LogP) is 9.39. The number of cyclic esters (lactones) is 1. The number of esters is 2. The molecule has 0 aromatic heterocycles. The van der Waals surface area contributed by atoms with E-state index in [1.165, 1.54) is 90.2 Å². The third-order valence-electron chi connectivity index (χ3n) is 8.43. The van der Waals surface area contributed by atoms with Gasteiger partial charge in [-0.05, 0) is 31.7 Å². The van der Waals surface area contributed by atoms with Gasteiger partial charge >= 0.3 is 11.9 Å². The van der Waals surface area contributed by atoms with Crippen molar-refractivity contribution in [2.75, 3.05) is 7.11 Å². The summed E-state index contributed by atoms with van der Waals surface area (Å²) in [6, 6.07) is 1.51. The summed E-state index contributed by atoms with van der Waals surface area (Å²) in [5, 5.41) is 21.9. The van der Waals surface area contributed by atoms with Gasteiger partial charge in [0.1, 0.15) is 11.3 Å². The van der Waals surface area contributed by atoms with Crippen molar-refractivity contribution in [2.24, 2.45) is 0 Å². The number of phenolic OH excluding ortho intramolecular Hbond substituents is 1. The molecule has 42 heavy (non-hydrogen) atoms. The van der Waals surface area contributed by atoms with E-state index in [0.717, 1.165) is 38.5 Å². The van der Waals surface area contributed by atoms with Crippen molar-refractivity contribution in [3.8, 4) is 17.2 Å². The number of hydrogen-bond donors (Lipinski definition) is 2. The molecular weight excluding hydrogens is 532 g/mol. The van der Waals surface area contributed by atoms with Gasteiger partial charge in [0.2, 0.25) is 0 Å². The quantitative estimate of drug-likeness (QED) is 0.0642. The SMILES string of the molecule is CCCCCCCCCCCC1=C(O)/C(=C2/C(=O)Oc3c2cc(OC)c(O)c3CCCCCCCCCCC)OC1=O. The molecule has 2 aliphatic rings. The minimum Gasteiger partial charge on any atom is -0.504 e. The number of hydrogen-bond acceptors (Lipinski definition) is 7. The van der Waals surface area contributed by atoms with E-state index in [0.29, 0.717) is 24.0 Å². The van der Waals surface area contributed by atoms with E-state index in [1.54, 1.807) is 0 Å². The lowest BCUT2D eigenvalue weighted by atomic mass is 9.96. The van der Waals surface area contributed by atoms with Crippen molar-refractivity contribution >= 4 is 17.5 Å². The molecule has 7 heteroatoms. The highest BCUT2D eigenvalue weighted by Gasteiger charge is 2.41. The van der Waals surface area contributed by atoms with Crippen LogP contribution in [0, 0.1) is 0 Å². The maximum absolute atomic E-state index is 13.1. The lowest BCUT2D eigenvalue weighted by Crippen LogP contribution is -2.06. The number of aromatic hydroxyl groups is 1. The van der Waals surface area contributed by atoms with Crippen LogP contribution >= 0.6 is 0 Å². The number of ether oxygens (including phenoxy) is 3. The average Bonchev–Trinajstić information content (AvgIpc) is 3.45. The molecule has 0 unspecified atom stereocenters. The number of unbranched alkanes of at least 4 members (excludes halogenated alkanes) is 16. The summed E-state index contributed by atoms with van der Waals surface area (Å²) in [5.41, 5.74) is 1.05. The Labute approximate surface area is 252 Å². The highest BCUT2D eigenvalue weighted by molar-refractivity contribution is 6.24. The van der Waals surface area contributed by atoms with Crippen molar-refractivity contribution in [2.45, 2.75) is 142 Å². The molecule has 2 heterocycles. The molecule has 3 rings (SSSR count). The Hall–Kier alpha value is -2.96. The molecule has 0 saturated carbocycles. The third kappa shape index (κ3) is 9.02. The number of carbonyl (C=O) groups excluding carboxylic acids is 2. The van der Waals surface area contributed by atoms with Crippen molar-refractivity contribution in [1.29, 1.82) is 0 Å². The molecule has 0 aliphatic carbocycles. The molecule has 0 bridgehead atoms. The fourth-order valence-corrected chi connectivity index (χ4v) is 5.89. The first kappa shape index (κ1) is 33.5. The topological polar surface area (TPSA) is 102 Å². The van der Waals surface area contributed by atoms with Crippen LogP contribution < -0.4 is 9.47 Å². The number of benzene rings is 1. The molecule has 1 aromatic rings. The van der Waals surface area contributed by atoms with E-state index in [9.17, 15) is 19.8 Å². The molecule has 0 amide bonds. The molecule has 0 fully saturated rings. The fraction of sp³-hybridized carbons (Fsp3) is 0.657. The number of rotatable bonds is 21. The second-order valence-corrected chi connectivity index (χ2v) is 11.7. The zero-order valence-corrected chi connectivity index (χ0v) is 26.2. The van der Waals surface area contributed by atoms with Gasteiger partial charge in [0.15, 0.2) is 23.0 Å². The van der Waals surface area contributed by atoms with Gasteiger partial charge in [0, 0.05) is 11.1 Å². The monoisotopic (exact) mass is 584 g/mol. The molecular formula is C35H52O7. The number of aliphatic hydroxyl groups is 1. The van der Waals surface area contributed by atoms with Crippen LogP contribution in [0.4, 0.5) is 0 Å². The summed E-state index contributed by atoms with van der Waals surface area (Å²) in [5.74, 6) is -1.41. The van der Waals surface area contributed by atoms with Crippen molar-refractivity contribution in [3.63, 3.8) is 0 Å². The first-order valence-electron chi connectivity index (χ1n) is 16.5. The first-order chi connectivity index (χ1) is 20.4. The highest BCUT2D eigenvalue weighted by Crippen LogP contribution is 2.49. The lowest BCUT2D eigenvalue weighted by molar-refractivity contribution is -0.133. The Morgan fingerprint density at radius 3 is 1.69 bits per heavy atom. The summed E-state index contributed by atoms with van der Waals surface area (Å²) in [6.07, 6.45) is 21.7. The molecule has 0 spiro atoms. The van der Waals surface area contributed by atoms with Gasteiger partial charge in [-0.2, -0.15) is 0 Å². The van der Waals surface area contributed by atoms with E-state index in [1.807, 2.05) is 0 Å². The summed E-state index contributed by atoms with van der Waals surface area (Å²) >= 11 is 0. The smallest absolute Gasteiger partial charge is 0.348 e. The summed E-state index contributed by atoms with van der Waals surface area (Å²) in [6.45, 7) is 4.43. The Bertz CT molecular complexity index is 1110. The minimum absolute atomic E-state index is 0.00967. The van der Waals surface area contributed by atoms with Gasteiger partial charge < -0.3 is 24.4 Å². The fourth-order valence-electron chi connectivity index (χ4n) is 5.89. The second-order valence-electron chi connectivity index (χ2n) is 11.7. The zero-order valence-electron chi connectivity index (χ0n) is 26.2. The van der Waals surface area contributed by atoms with E-state index in [-0.39, 0.29) is 39.9 Å². The lowest BCUT2D eigenvalue weighted by Gasteiger charge is -2.13.